The number of hydrogen-bond acceptors (Lipinski definition) is 5. The minimum absolute atomic E-state index is 0.573. The number of nitrogens with zero attached hydrogens (tertiary/aromatic N) is 3. The number of aromatic nitrogens is 3. The second-order valence-corrected chi connectivity index (χ2v) is 4.25. The van der Waals surface area contributed by atoms with Gasteiger partial charge in [-0.25, -0.2) is 9.67 Å². The smallest absolute Gasteiger partial charge is 0.164 e. The van der Waals surface area contributed by atoms with Crippen molar-refractivity contribution in [1.82, 2.24) is 20.1 Å². The molecular weight excluding hydrogens is 256 g/mol. The van der Waals surface area contributed by atoms with Gasteiger partial charge in [0.25, 0.3) is 0 Å². The van der Waals surface area contributed by atoms with E-state index in [0.717, 1.165) is 18.1 Å². The summed E-state index contributed by atoms with van der Waals surface area (Å²) in [6.45, 7) is 3.38. The molecule has 0 aliphatic carbocycles. The van der Waals surface area contributed by atoms with Gasteiger partial charge in [0, 0.05) is 13.7 Å². The van der Waals surface area contributed by atoms with Crippen LogP contribution >= 0.6 is 0 Å². The maximum atomic E-state index is 5.61. The minimum atomic E-state index is 0.573. The van der Waals surface area contributed by atoms with Crippen LogP contribution in [0, 0.1) is 0 Å². The highest BCUT2D eigenvalue weighted by molar-refractivity contribution is 5.20. The number of para-hydroxylation sites is 1. The lowest BCUT2D eigenvalue weighted by Crippen LogP contribution is -2.19. The van der Waals surface area contributed by atoms with Crippen molar-refractivity contribution in [3.63, 3.8) is 0 Å². The van der Waals surface area contributed by atoms with Gasteiger partial charge in [0.15, 0.2) is 5.82 Å². The molecule has 2 aromatic rings. The molecule has 0 amide bonds. The van der Waals surface area contributed by atoms with Crippen molar-refractivity contribution in [3.05, 3.63) is 42.5 Å². The fourth-order valence-electron chi connectivity index (χ4n) is 1.67. The first-order chi connectivity index (χ1) is 9.88. The first kappa shape index (κ1) is 14.5. The second-order valence-electron chi connectivity index (χ2n) is 4.25. The van der Waals surface area contributed by atoms with Gasteiger partial charge in [-0.2, -0.15) is 5.10 Å². The van der Waals surface area contributed by atoms with E-state index in [9.17, 15) is 0 Å². The van der Waals surface area contributed by atoms with Crippen LogP contribution in [0.1, 0.15) is 5.82 Å². The Morgan fingerprint density at radius 3 is 2.85 bits per heavy atom. The van der Waals surface area contributed by atoms with Crippen LogP contribution in [0.4, 0.5) is 0 Å². The predicted molar refractivity (Wildman–Crippen MR) is 75.5 cm³/mol. The molecule has 1 N–H and O–H groups in total. The van der Waals surface area contributed by atoms with Gasteiger partial charge in [-0.1, -0.05) is 18.2 Å². The minimum Gasteiger partial charge on any atom is -0.492 e. The van der Waals surface area contributed by atoms with Gasteiger partial charge in [-0.15, -0.1) is 0 Å². The fraction of sp³-hybridized carbons (Fsp3) is 0.429. The van der Waals surface area contributed by atoms with Crippen molar-refractivity contribution in [3.8, 4) is 5.75 Å². The third-order valence-electron chi connectivity index (χ3n) is 2.68. The zero-order chi connectivity index (χ0) is 14.0. The van der Waals surface area contributed by atoms with Crippen LogP contribution in [-0.2, 0) is 17.8 Å². The molecule has 0 radical (unpaired) electrons. The third kappa shape index (κ3) is 4.99. The summed E-state index contributed by atoms with van der Waals surface area (Å²) in [5, 5.41) is 7.56. The molecule has 0 fully saturated rings. The molecule has 0 aliphatic heterocycles. The van der Waals surface area contributed by atoms with Gasteiger partial charge >= 0.3 is 0 Å². The lowest BCUT2D eigenvalue weighted by atomic mass is 10.3. The molecule has 0 saturated carbocycles. The summed E-state index contributed by atoms with van der Waals surface area (Å²) in [5.41, 5.74) is 0. The Labute approximate surface area is 118 Å². The lowest BCUT2D eigenvalue weighted by molar-refractivity contribution is 0.199. The molecule has 1 aromatic carbocycles. The van der Waals surface area contributed by atoms with Crippen LogP contribution in [-0.4, -0.2) is 41.6 Å². The standard InChI is InChI=1S/C14H20N4O2/c1-19-9-7-15-11-14-16-12-18(17-14)8-10-20-13-5-3-2-4-6-13/h2-6,12,15H,7-11H2,1H3. The Kier molecular flexibility index (Phi) is 6.01. The highest BCUT2D eigenvalue weighted by Gasteiger charge is 2.00. The SMILES string of the molecule is COCCNCc1ncn(CCOc2ccccc2)n1. The number of methoxy groups -OCH3 is 1. The first-order valence-corrected chi connectivity index (χ1v) is 6.64. The van der Waals surface area contributed by atoms with E-state index in [1.165, 1.54) is 0 Å². The molecule has 0 spiro atoms. The van der Waals surface area contributed by atoms with Crippen LogP contribution in [0.15, 0.2) is 36.7 Å². The van der Waals surface area contributed by atoms with Crippen LogP contribution in [0.3, 0.4) is 0 Å². The Bertz CT molecular complexity index is 487. The molecule has 6 heteroatoms. The molecule has 1 heterocycles. The maximum absolute atomic E-state index is 5.61. The van der Waals surface area contributed by atoms with Crippen molar-refractivity contribution < 1.29 is 9.47 Å². The van der Waals surface area contributed by atoms with E-state index in [0.29, 0.717) is 26.3 Å². The zero-order valence-electron chi connectivity index (χ0n) is 11.7. The van der Waals surface area contributed by atoms with Gasteiger partial charge in [-0.3, -0.25) is 0 Å². The topological polar surface area (TPSA) is 61.2 Å². The Morgan fingerprint density at radius 2 is 2.05 bits per heavy atom. The fourth-order valence-corrected chi connectivity index (χ4v) is 1.67. The average Bonchev–Trinajstić information content (AvgIpc) is 2.93. The summed E-state index contributed by atoms with van der Waals surface area (Å²) in [6.07, 6.45) is 1.72. The molecule has 20 heavy (non-hydrogen) atoms. The quantitative estimate of drug-likeness (QED) is 0.695. The molecule has 2 rings (SSSR count). The number of rotatable bonds is 9. The van der Waals surface area contributed by atoms with Crippen LogP contribution in [0.5, 0.6) is 5.75 Å². The van der Waals surface area contributed by atoms with Gasteiger partial charge < -0.3 is 14.8 Å². The van der Waals surface area contributed by atoms with Crippen LogP contribution in [0.2, 0.25) is 0 Å². The van der Waals surface area contributed by atoms with Crippen molar-refractivity contribution in [2.24, 2.45) is 0 Å². The number of ether oxygens (including phenoxy) is 2. The highest BCUT2D eigenvalue weighted by Crippen LogP contribution is 2.07. The second kappa shape index (κ2) is 8.29. The molecule has 0 bridgehead atoms. The summed E-state index contributed by atoms with van der Waals surface area (Å²) in [5.74, 6) is 1.65. The highest BCUT2D eigenvalue weighted by atomic mass is 16.5. The first-order valence-electron chi connectivity index (χ1n) is 6.64. The monoisotopic (exact) mass is 276 g/mol. The maximum Gasteiger partial charge on any atom is 0.164 e. The Hall–Kier alpha value is -1.92. The summed E-state index contributed by atoms with van der Waals surface area (Å²) in [7, 11) is 1.68. The normalized spacial score (nSPS) is 10.7. The average molecular weight is 276 g/mol. The predicted octanol–water partition coefficient (Wildman–Crippen LogP) is 1.09. The molecule has 0 atom stereocenters. The van der Waals surface area contributed by atoms with Gasteiger partial charge in [-0.05, 0) is 12.1 Å². The van der Waals surface area contributed by atoms with Crippen LogP contribution < -0.4 is 10.1 Å². The number of benzene rings is 1. The van der Waals surface area contributed by atoms with Crippen molar-refractivity contribution >= 4 is 0 Å². The van der Waals surface area contributed by atoms with Crippen molar-refractivity contribution in [2.75, 3.05) is 26.9 Å². The zero-order valence-corrected chi connectivity index (χ0v) is 11.7. The van der Waals surface area contributed by atoms with Crippen molar-refractivity contribution in [1.29, 1.82) is 0 Å². The largest absolute Gasteiger partial charge is 0.492 e. The molecule has 108 valence electrons. The van der Waals surface area contributed by atoms with Crippen LogP contribution in [0.25, 0.3) is 0 Å². The lowest BCUT2D eigenvalue weighted by Gasteiger charge is -2.05. The van der Waals surface area contributed by atoms with Gasteiger partial charge in [0.2, 0.25) is 0 Å². The van der Waals surface area contributed by atoms with E-state index < -0.39 is 0 Å². The van der Waals surface area contributed by atoms with Gasteiger partial charge in [0.05, 0.1) is 19.7 Å². The van der Waals surface area contributed by atoms with Gasteiger partial charge in [0.1, 0.15) is 18.7 Å². The number of hydrogen-bond donors (Lipinski definition) is 1. The van der Waals surface area contributed by atoms with E-state index in [4.69, 9.17) is 9.47 Å². The molecule has 0 unspecified atom stereocenters. The molecule has 6 nitrogen and oxygen atoms in total. The Balaban J connectivity index is 1.67. The summed E-state index contributed by atoms with van der Waals surface area (Å²) in [4.78, 5) is 4.23. The van der Waals surface area contributed by atoms with E-state index in [-0.39, 0.29) is 0 Å². The molecule has 0 aliphatic rings. The van der Waals surface area contributed by atoms with E-state index in [1.54, 1.807) is 18.1 Å². The summed E-state index contributed by atoms with van der Waals surface area (Å²) >= 11 is 0. The third-order valence-corrected chi connectivity index (χ3v) is 2.68. The molecular formula is C14H20N4O2. The summed E-state index contributed by atoms with van der Waals surface area (Å²) < 4.78 is 12.4. The summed E-state index contributed by atoms with van der Waals surface area (Å²) in [6, 6.07) is 9.75. The molecule has 1 aromatic heterocycles. The van der Waals surface area contributed by atoms with E-state index in [1.807, 2.05) is 30.3 Å². The number of nitrogens with one attached hydrogen (secondary N) is 1. The van der Waals surface area contributed by atoms with Crippen molar-refractivity contribution in [2.45, 2.75) is 13.1 Å². The molecule has 0 saturated heterocycles. The Morgan fingerprint density at radius 1 is 1.20 bits per heavy atom. The van der Waals surface area contributed by atoms with E-state index in [2.05, 4.69) is 15.4 Å². The van der Waals surface area contributed by atoms with E-state index >= 15 is 0 Å².